The predicted octanol–water partition coefficient (Wildman–Crippen LogP) is 5.07. The van der Waals surface area contributed by atoms with Gasteiger partial charge in [-0.2, -0.15) is 5.10 Å². The van der Waals surface area contributed by atoms with Gasteiger partial charge in [-0.25, -0.2) is 0 Å². The number of benzene rings is 2. The molecule has 136 valence electrons. The van der Waals surface area contributed by atoms with Crippen molar-refractivity contribution >= 4 is 40.5 Å². The van der Waals surface area contributed by atoms with E-state index in [-0.39, 0.29) is 11.8 Å². The Kier molecular flexibility index (Phi) is 6.17. The smallest absolute Gasteiger partial charge is 0.219 e. The van der Waals surface area contributed by atoms with Crippen LogP contribution in [0.15, 0.2) is 53.6 Å². The van der Waals surface area contributed by atoms with Gasteiger partial charge in [0.15, 0.2) is 0 Å². The van der Waals surface area contributed by atoms with Crippen molar-refractivity contribution in [2.75, 3.05) is 18.5 Å². The molecule has 2 aromatic carbocycles. The molecule has 3 rings (SSSR count). The van der Waals surface area contributed by atoms with Crippen LogP contribution in [0.5, 0.6) is 0 Å². The van der Waals surface area contributed by atoms with E-state index in [1.807, 2.05) is 47.4 Å². The number of halogens is 2. The molecular formula is C20H21Cl2N3O. The lowest BCUT2D eigenvalue weighted by Gasteiger charge is -2.32. The monoisotopic (exact) mass is 389 g/mol. The fraction of sp³-hybridized carbons (Fsp3) is 0.300. The molecule has 1 aliphatic rings. The number of nitrogens with zero attached hydrogens (tertiary/aromatic N) is 2. The van der Waals surface area contributed by atoms with Gasteiger partial charge < -0.3 is 4.90 Å². The highest BCUT2D eigenvalue weighted by Gasteiger charge is 2.26. The Morgan fingerprint density at radius 3 is 2.42 bits per heavy atom. The summed E-state index contributed by atoms with van der Waals surface area (Å²) in [5, 5.41) is 5.87. The topological polar surface area (TPSA) is 44.7 Å². The van der Waals surface area contributed by atoms with Crippen LogP contribution in [0.25, 0.3) is 0 Å². The van der Waals surface area contributed by atoms with E-state index in [1.165, 1.54) is 0 Å². The number of piperidine rings is 1. The summed E-state index contributed by atoms with van der Waals surface area (Å²) in [6, 6.07) is 15.3. The maximum atomic E-state index is 11.6. The summed E-state index contributed by atoms with van der Waals surface area (Å²) in [6.45, 7) is 3.08. The molecule has 26 heavy (non-hydrogen) atoms. The van der Waals surface area contributed by atoms with Crippen LogP contribution in [0, 0.1) is 5.92 Å². The van der Waals surface area contributed by atoms with E-state index >= 15 is 0 Å². The first-order chi connectivity index (χ1) is 12.5. The van der Waals surface area contributed by atoms with Crippen LogP contribution < -0.4 is 5.43 Å². The molecule has 1 aliphatic heterocycles. The SMILES string of the molecule is CC(=O)N1CCC(C(=NNc2ccccc2)c2ccc(Cl)cc2Cl)CC1. The minimum Gasteiger partial charge on any atom is -0.343 e. The first kappa shape index (κ1) is 18.7. The van der Waals surface area contributed by atoms with Crippen LogP contribution in [0.1, 0.15) is 25.3 Å². The van der Waals surface area contributed by atoms with E-state index in [1.54, 1.807) is 13.0 Å². The molecule has 1 N–H and O–H groups in total. The van der Waals surface area contributed by atoms with Gasteiger partial charge in [0.05, 0.1) is 16.4 Å². The van der Waals surface area contributed by atoms with Crippen molar-refractivity contribution in [3.8, 4) is 0 Å². The zero-order chi connectivity index (χ0) is 18.5. The van der Waals surface area contributed by atoms with Crippen molar-refractivity contribution in [2.24, 2.45) is 11.0 Å². The van der Waals surface area contributed by atoms with E-state index in [2.05, 4.69) is 10.5 Å². The molecule has 1 amide bonds. The van der Waals surface area contributed by atoms with Crippen molar-refractivity contribution in [1.29, 1.82) is 0 Å². The minimum atomic E-state index is 0.119. The molecule has 0 aliphatic carbocycles. The third kappa shape index (κ3) is 4.57. The van der Waals surface area contributed by atoms with Gasteiger partial charge in [-0.3, -0.25) is 10.2 Å². The summed E-state index contributed by atoms with van der Waals surface area (Å²) in [7, 11) is 0. The normalized spacial score (nSPS) is 15.8. The molecule has 0 saturated carbocycles. The molecule has 4 nitrogen and oxygen atoms in total. The maximum Gasteiger partial charge on any atom is 0.219 e. The number of carbonyl (C=O) groups is 1. The summed E-state index contributed by atoms with van der Waals surface area (Å²) < 4.78 is 0. The summed E-state index contributed by atoms with van der Waals surface area (Å²) in [5.74, 6) is 0.342. The number of rotatable bonds is 4. The van der Waals surface area contributed by atoms with E-state index in [9.17, 15) is 4.79 Å². The molecule has 1 heterocycles. The van der Waals surface area contributed by atoms with Gasteiger partial charge in [-0.05, 0) is 37.1 Å². The Bertz CT molecular complexity index is 800. The lowest BCUT2D eigenvalue weighted by atomic mass is 9.88. The molecule has 0 atom stereocenters. The average molecular weight is 390 g/mol. The second kappa shape index (κ2) is 8.56. The molecular weight excluding hydrogens is 369 g/mol. The van der Waals surface area contributed by atoms with Crippen molar-refractivity contribution in [1.82, 2.24) is 4.90 Å². The lowest BCUT2D eigenvalue weighted by molar-refractivity contribution is -0.129. The van der Waals surface area contributed by atoms with Crippen molar-refractivity contribution in [3.05, 3.63) is 64.1 Å². The van der Waals surface area contributed by atoms with Crippen LogP contribution in [0.2, 0.25) is 10.0 Å². The van der Waals surface area contributed by atoms with Gasteiger partial charge in [-0.1, -0.05) is 47.5 Å². The predicted molar refractivity (Wildman–Crippen MR) is 108 cm³/mol. The number of likely N-dealkylation sites (tertiary alicyclic amines) is 1. The number of hydrazone groups is 1. The maximum absolute atomic E-state index is 11.6. The largest absolute Gasteiger partial charge is 0.343 e. The third-order valence-electron chi connectivity index (χ3n) is 4.61. The van der Waals surface area contributed by atoms with Crippen LogP contribution in [0.3, 0.4) is 0 Å². The third-order valence-corrected chi connectivity index (χ3v) is 5.16. The number of hydrogen-bond acceptors (Lipinski definition) is 3. The molecule has 0 spiro atoms. The number of para-hydroxylation sites is 1. The Labute approximate surface area is 163 Å². The van der Waals surface area contributed by atoms with Crippen molar-refractivity contribution in [2.45, 2.75) is 19.8 Å². The van der Waals surface area contributed by atoms with Crippen LogP contribution in [0.4, 0.5) is 5.69 Å². The molecule has 0 unspecified atom stereocenters. The van der Waals surface area contributed by atoms with Crippen LogP contribution in [-0.4, -0.2) is 29.6 Å². The summed E-state index contributed by atoms with van der Waals surface area (Å²) in [4.78, 5) is 13.5. The zero-order valence-corrected chi connectivity index (χ0v) is 16.1. The van der Waals surface area contributed by atoms with Crippen molar-refractivity contribution in [3.63, 3.8) is 0 Å². The van der Waals surface area contributed by atoms with Crippen LogP contribution >= 0.6 is 23.2 Å². The Morgan fingerprint density at radius 2 is 1.81 bits per heavy atom. The fourth-order valence-electron chi connectivity index (χ4n) is 3.17. The average Bonchev–Trinajstić information content (AvgIpc) is 2.64. The summed E-state index contributed by atoms with van der Waals surface area (Å²) in [5.41, 5.74) is 5.82. The van der Waals surface area contributed by atoms with Crippen molar-refractivity contribution < 1.29 is 4.79 Å². The molecule has 0 aromatic heterocycles. The highest BCUT2D eigenvalue weighted by molar-refractivity contribution is 6.37. The van der Waals surface area contributed by atoms with E-state index < -0.39 is 0 Å². The molecule has 0 radical (unpaired) electrons. The van der Waals surface area contributed by atoms with Gasteiger partial charge >= 0.3 is 0 Å². The first-order valence-electron chi connectivity index (χ1n) is 8.64. The Hall–Kier alpha value is -2.04. The lowest BCUT2D eigenvalue weighted by Crippen LogP contribution is -2.39. The standard InChI is InChI=1S/C20H21Cl2N3O/c1-14(26)25-11-9-15(10-12-25)20(18-8-7-16(21)13-19(18)22)24-23-17-5-3-2-4-6-17/h2-8,13,15,23H,9-12H2,1H3. The number of hydrogen-bond donors (Lipinski definition) is 1. The quantitative estimate of drug-likeness (QED) is 0.585. The second-order valence-corrected chi connectivity index (χ2v) is 7.22. The number of amides is 1. The second-order valence-electron chi connectivity index (χ2n) is 6.38. The summed E-state index contributed by atoms with van der Waals surface area (Å²) >= 11 is 12.5. The van der Waals surface area contributed by atoms with Gasteiger partial charge in [-0.15, -0.1) is 0 Å². The first-order valence-corrected chi connectivity index (χ1v) is 9.40. The van der Waals surface area contributed by atoms with Gasteiger partial charge in [0.25, 0.3) is 0 Å². The van der Waals surface area contributed by atoms with Crippen LogP contribution in [-0.2, 0) is 4.79 Å². The number of anilines is 1. The highest BCUT2D eigenvalue weighted by atomic mass is 35.5. The molecule has 2 aromatic rings. The highest BCUT2D eigenvalue weighted by Crippen LogP contribution is 2.28. The molecule has 0 bridgehead atoms. The van der Waals surface area contributed by atoms with E-state index in [0.717, 1.165) is 42.9 Å². The van der Waals surface area contributed by atoms with Gasteiger partial charge in [0, 0.05) is 36.5 Å². The Balaban J connectivity index is 1.88. The summed E-state index contributed by atoms with van der Waals surface area (Å²) in [6.07, 6.45) is 1.71. The number of carbonyl (C=O) groups excluding carboxylic acids is 1. The van der Waals surface area contributed by atoms with Gasteiger partial charge in [0.1, 0.15) is 0 Å². The zero-order valence-electron chi connectivity index (χ0n) is 14.6. The number of nitrogens with one attached hydrogen (secondary N) is 1. The molecule has 6 heteroatoms. The van der Waals surface area contributed by atoms with Gasteiger partial charge in [0.2, 0.25) is 5.91 Å². The minimum absolute atomic E-state index is 0.119. The Morgan fingerprint density at radius 1 is 1.12 bits per heavy atom. The molecule has 1 fully saturated rings. The van der Waals surface area contributed by atoms with E-state index in [4.69, 9.17) is 23.2 Å². The van der Waals surface area contributed by atoms with E-state index in [0.29, 0.717) is 10.0 Å². The molecule has 1 saturated heterocycles. The fourth-order valence-corrected chi connectivity index (χ4v) is 3.68.